The summed E-state index contributed by atoms with van der Waals surface area (Å²) in [5, 5.41) is 0. The molecule has 0 amide bonds. The van der Waals surface area contributed by atoms with Crippen LogP contribution in [0, 0.1) is 5.82 Å². The van der Waals surface area contributed by atoms with Crippen molar-refractivity contribution in [2.75, 3.05) is 0 Å². The predicted molar refractivity (Wildman–Crippen MR) is 121 cm³/mol. The summed E-state index contributed by atoms with van der Waals surface area (Å²) in [5.41, 5.74) is 4.18. The molecule has 2 aromatic carbocycles. The maximum Gasteiger partial charge on any atom is 0.131 e. The van der Waals surface area contributed by atoms with Crippen molar-refractivity contribution in [1.29, 1.82) is 0 Å². The Labute approximate surface area is 172 Å². The summed E-state index contributed by atoms with van der Waals surface area (Å²) in [6, 6.07) is 14.3. The Balaban J connectivity index is 1.77. The molecule has 0 saturated heterocycles. The number of hydrogen-bond acceptors (Lipinski definition) is 0. The molecule has 28 heavy (non-hydrogen) atoms. The summed E-state index contributed by atoms with van der Waals surface area (Å²) < 4.78 is 14.5. The van der Waals surface area contributed by atoms with Gasteiger partial charge >= 0.3 is 0 Å². The maximum atomic E-state index is 14.5. The third kappa shape index (κ3) is 8.17. The number of halogens is 1. The molecule has 0 fully saturated rings. The van der Waals surface area contributed by atoms with Crippen molar-refractivity contribution in [3.05, 3.63) is 59.4 Å². The third-order valence-corrected chi connectivity index (χ3v) is 5.69. The van der Waals surface area contributed by atoms with Crippen molar-refractivity contribution in [3.63, 3.8) is 0 Å². The van der Waals surface area contributed by atoms with E-state index in [0.717, 1.165) is 36.0 Å². The van der Waals surface area contributed by atoms with Crippen LogP contribution >= 0.6 is 0 Å². The van der Waals surface area contributed by atoms with Gasteiger partial charge in [0.05, 0.1) is 0 Å². The molecule has 0 aromatic heterocycles. The van der Waals surface area contributed by atoms with Crippen LogP contribution in [-0.2, 0) is 12.8 Å². The molecule has 0 nitrogen and oxygen atoms in total. The first-order valence-electron chi connectivity index (χ1n) is 11.6. The van der Waals surface area contributed by atoms with Gasteiger partial charge in [-0.1, -0.05) is 108 Å². The number of unbranched alkanes of at least 4 members (excludes halogenated alkanes) is 9. The molecule has 0 spiro atoms. The van der Waals surface area contributed by atoms with Crippen LogP contribution in [0.5, 0.6) is 0 Å². The minimum atomic E-state index is -0.0928. The Morgan fingerprint density at radius 1 is 0.571 bits per heavy atom. The van der Waals surface area contributed by atoms with E-state index in [1.165, 1.54) is 69.8 Å². The zero-order valence-electron chi connectivity index (χ0n) is 18.1. The standard InChI is InChI=1S/C27H39F/c1-3-5-7-8-9-10-11-13-14-23-16-19-25(20-17-23)26-21-18-24(22-27(26)28)15-12-6-4-2/h16-22H,3-15H2,1-2H3. The molecule has 0 aliphatic rings. The minimum absolute atomic E-state index is 0.0928. The quantitative estimate of drug-likeness (QED) is 0.286. The molecule has 0 aliphatic carbocycles. The van der Waals surface area contributed by atoms with Crippen LogP contribution in [0.15, 0.2) is 42.5 Å². The summed E-state index contributed by atoms with van der Waals surface area (Å²) >= 11 is 0. The summed E-state index contributed by atoms with van der Waals surface area (Å²) in [7, 11) is 0. The largest absolute Gasteiger partial charge is 0.206 e. The lowest BCUT2D eigenvalue weighted by molar-refractivity contribution is 0.575. The molecule has 0 unspecified atom stereocenters. The Morgan fingerprint density at radius 3 is 1.71 bits per heavy atom. The normalized spacial score (nSPS) is 11.1. The van der Waals surface area contributed by atoms with E-state index in [4.69, 9.17) is 0 Å². The minimum Gasteiger partial charge on any atom is -0.206 e. The highest BCUT2D eigenvalue weighted by Gasteiger charge is 2.06. The number of aryl methyl sites for hydroxylation is 2. The van der Waals surface area contributed by atoms with Gasteiger partial charge in [0.1, 0.15) is 5.82 Å². The number of hydrogen-bond donors (Lipinski definition) is 0. The molecule has 154 valence electrons. The summed E-state index contributed by atoms with van der Waals surface area (Å²) in [6.45, 7) is 4.46. The molecule has 0 radical (unpaired) electrons. The van der Waals surface area contributed by atoms with Gasteiger partial charge in [0, 0.05) is 5.56 Å². The van der Waals surface area contributed by atoms with E-state index in [-0.39, 0.29) is 5.82 Å². The Hall–Kier alpha value is -1.63. The lowest BCUT2D eigenvalue weighted by Gasteiger charge is -2.08. The summed E-state index contributed by atoms with van der Waals surface area (Å²) in [5.74, 6) is -0.0928. The lowest BCUT2D eigenvalue weighted by atomic mass is 9.98. The highest BCUT2D eigenvalue weighted by molar-refractivity contribution is 5.64. The topological polar surface area (TPSA) is 0 Å². The van der Waals surface area contributed by atoms with E-state index in [9.17, 15) is 4.39 Å². The SMILES string of the molecule is CCCCCCCCCCc1ccc(-c2ccc(CCCCC)cc2F)cc1. The zero-order chi connectivity index (χ0) is 20.0. The van der Waals surface area contributed by atoms with Crippen molar-refractivity contribution in [2.45, 2.75) is 97.3 Å². The molecular formula is C27H39F. The van der Waals surface area contributed by atoms with Crippen LogP contribution < -0.4 is 0 Å². The fraction of sp³-hybridized carbons (Fsp3) is 0.556. The zero-order valence-corrected chi connectivity index (χ0v) is 18.1. The van der Waals surface area contributed by atoms with E-state index >= 15 is 0 Å². The highest BCUT2D eigenvalue weighted by Crippen LogP contribution is 2.25. The van der Waals surface area contributed by atoms with Gasteiger partial charge in [-0.25, -0.2) is 4.39 Å². The van der Waals surface area contributed by atoms with Gasteiger partial charge in [-0.2, -0.15) is 0 Å². The van der Waals surface area contributed by atoms with Crippen LogP contribution in [0.25, 0.3) is 11.1 Å². The molecule has 0 aliphatic heterocycles. The van der Waals surface area contributed by atoms with Crippen molar-refractivity contribution in [1.82, 2.24) is 0 Å². The molecule has 0 heterocycles. The van der Waals surface area contributed by atoms with E-state index in [1.807, 2.05) is 6.07 Å². The van der Waals surface area contributed by atoms with Gasteiger partial charge < -0.3 is 0 Å². The number of rotatable bonds is 14. The number of benzene rings is 2. The summed E-state index contributed by atoms with van der Waals surface area (Å²) in [6.07, 6.45) is 16.5. The average Bonchev–Trinajstić information content (AvgIpc) is 2.71. The van der Waals surface area contributed by atoms with E-state index in [2.05, 4.69) is 44.2 Å². The van der Waals surface area contributed by atoms with Crippen LogP contribution in [0.3, 0.4) is 0 Å². The molecule has 1 heteroatoms. The summed E-state index contributed by atoms with van der Waals surface area (Å²) in [4.78, 5) is 0. The third-order valence-electron chi connectivity index (χ3n) is 5.69. The van der Waals surface area contributed by atoms with E-state index < -0.39 is 0 Å². The van der Waals surface area contributed by atoms with Gasteiger partial charge in [-0.3, -0.25) is 0 Å². The van der Waals surface area contributed by atoms with Gasteiger partial charge in [0.2, 0.25) is 0 Å². The molecule has 0 saturated carbocycles. The first kappa shape index (κ1) is 22.7. The van der Waals surface area contributed by atoms with Gasteiger partial charge in [0.15, 0.2) is 0 Å². The fourth-order valence-corrected chi connectivity index (χ4v) is 3.84. The molecular weight excluding hydrogens is 343 g/mol. The molecule has 2 rings (SSSR count). The first-order valence-corrected chi connectivity index (χ1v) is 11.6. The van der Waals surface area contributed by atoms with E-state index in [1.54, 1.807) is 6.07 Å². The second kappa shape index (κ2) is 13.5. The Morgan fingerprint density at radius 2 is 1.07 bits per heavy atom. The van der Waals surface area contributed by atoms with Gasteiger partial charge in [-0.05, 0) is 48.4 Å². The van der Waals surface area contributed by atoms with Crippen LogP contribution in [0.4, 0.5) is 4.39 Å². The second-order valence-corrected chi connectivity index (χ2v) is 8.19. The Kier molecular flexibility index (Phi) is 10.9. The first-order chi connectivity index (χ1) is 13.7. The van der Waals surface area contributed by atoms with Crippen LogP contribution in [0.2, 0.25) is 0 Å². The molecule has 0 atom stereocenters. The molecule has 0 bridgehead atoms. The molecule has 2 aromatic rings. The predicted octanol–water partition coefficient (Wildman–Crippen LogP) is 8.91. The van der Waals surface area contributed by atoms with Crippen molar-refractivity contribution >= 4 is 0 Å². The average molecular weight is 383 g/mol. The second-order valence-electron chi connectivity index (χ2n) is 8.19. The van der Waals surface area contributed by atoms with Crippen molar-refractivity contribution < 1.29 is 4.39 Å². The smallest absolute Gasteiger partial charge is 0.131 e. The monoisotopic (exact) mass is 382 g/mol. The van der Waals surface area contributed by atoms with Crippen molar-refractivity contribution in [3.8, 4) is 11.1 Å². The lowest BCUT2D eigenvalue weighted by Crippen LogP contribution is -1.91. The maximum absolute atomic E-state index is 14.5. The van der Waals surface area contributed by atoms with Gasteiger partial charge in [-0.15, -0.1) is 0 Å². The van der Waals surface area contributed by atoms with E-state index in [0.29, 0.717) is 0 Å². The highest BCUT2D eigenvalue weighted by atomic mass is 19.1. The fourth-order valence-electron chi connectivity index (χ4n) is 3.84. The van der Waals surface area contributed by atoms with Gasteiger partial charge in [0.25, 0.3) is 0 Å². The molecule has 0 N–H and O–H groups in total. The van der Waals surface area contributed by atoms with Crippen LogP contribution in [0.1, 0.15) is 95.6 Å². The van der Waals surface area contributed by atoms with Crippen LogP contribution in [-0.4, -0.2) is 0 Å². The van der Waals surface area contributed by atoms with Crippen molar-refractivity contribution in [2.24, 2.45) is 0 Å². The Bertz CT molecular complexity index is 656.